The topological polar surface area (TPSA) is 91.8 Å². The molecule has 0 spiro atoms. The number of rotatable bonds is 8. The molecule has 0 fully saturated rings. The lowest BCUT2D eigenvalue weighted by molar-refractivity contribution is 0.0951. The summed E-state index contributed by atoms with van der Waals surface area (Å²) in [7, 11) is 0. The van der Waals surface area contributed by atoms with Crippen molar-refractivity contribution in [3.05, 3.63) is 108 Å². The molecule has 2 heterocycles. The molecule has 4 aromatic rings. The standard InChI is InChI=1S/C25H23FN6O/c1-17(19-7-9-21(26)10-8-19)30-22-13-20(25(33)29-15-18-5-3-2-4-6-18)14-23(31-22)32-24-16-27-11-12-28-24/h2-14,16-17H,15H2,1H3,(H,29,33)(H2,28,30,31,32). The first-order valence-electron chi connectivity index (χ1n) is 10.5. The third kappa shape index (κ3) is 6.10. The van der Waals surface area contributed by atoms with Crippen molar-refractivity contribution in [2.24, 2.45) is 0 Å². The Hall–Kier alpha value is -4.33. The second-order valence-electron chi connectivity index (χ2n) is 7.43. The Kier molecular flexibility index (Phi) is 6.84. The van der Waals surface area contributed by atoms with Crippen LogP contribution in [0.2, 0.25) is 0 Å². The summed E-state index contributed by atoms with van der Waals surface area (Å²) in [4.78, 5) is 25.7. The SMILES string of the molecule is CC(Nc1cc(C(=O)NCc2ccccc2)cc(Nc2cnccn2)n1)c1ccc(F)cc1. The zero-order chi connectivity index (χ0) is 23.0. The van der Waals surface area contributed by atoms with Gasteiger partial charge < -0.3 is 16.0 Å². The van der Waals surface area contributed by atoms with E-state index in [9.17, 15) is 9.18 Å². The van der Waals surface area contributed by atoms with Crippen LogP contribution < -0.4 is 16.0 Å². The smallest absolute Gasteiger partial charge is 0.251 e. The van der Waals surface area contributed by atoms with Crippen molar-refractivity contribution in [3.8, 4) is 0 Å². The van der Waals surface area contributed by atoms with Crippen LogP contribution in [-0.2, 0) is 6.54 Å². The molecule has 0 saturated heterocycles. The van der Waals surface area contributed by atoms with Gasteiger partial charge in [-0.05, 0) is 42.3 Å². The van der Waals surface area contributed by atoms with Crippen molar-refractivity contribution in [2.75, 3.05) is 10.6 Å². The molecular formula is C25H23FN6O. The van der Waals surface area contributed by atoms with Gasteiger partial charge in [-0.1, -0.05) is 42.5 Å². The minimum Gasteiger partial charge on any atom is -0.363 e. The van der Waals surface area contributed by atoms with Gasteiger partial charge >= 0.3 is 0 Å². The number of anilines is 3. The molecule has 7 nitrogen and oxygen atoms in total. The fourth-order valence-electron chi connectivity index (χ4n) is 3.23. The molecule has 0 aliphatic rings. The fraction of sp³-hybridized carbons (Fsp3) is 0.120. The van der Waals surface area contributed by atoms with Crippen LogP contribution in [-0.4, -0.2) is 20.9 Å². The maximum Gasteiger partial charge on any atom is 0.251 e. The Morgan fingerprint density at radius 3 is 2.45 bits per heavy atom. The van der Waals surface area contributed by atoms with Gasteiger partial charge in [0.05, 0.1) is 6.20 Å². The van der Waals surface area contributed by atoms with Crippen LogP contribution >= 0.6 is 0 Å². The summed E-state index contributed by atoms with van der Waals surface area (Å²) < 4.78 is 13.3. The monoisotopic (exact) mass is 442 g/mol. The van der Waals surface area contributed by atoms with Crippen LogP contribution in [0.4, 0.5) is 21.8 Å². The van der Waals surface area contributed by atoms with E-state index in [4.69, 9.17) is 0 Å². The van der Waals surface area contributed by atoms with Gasteiger partial charge in [-0.2, -0.15) is 0 Å². The third-order valence-corrected chi connectivity index (χ3v) is 4.94. The van der Waals surface area contributed by atoms with E-state index < -0.39 is 0 Å². The highest BCUT2D eigenvalue weighted by Crippen LogP contribution is 2.22. The summed E-state index contributed by atoms with van der Waals surface area (Å²) in [5.74, 6) is 0.907. The number of pyridine rings is 1. The van der Waals surface area contributed by atoms with Crippen molar-refractivity contribution in [3.63, 3.8) is 0 Å². The number of carbonyl (C=O) groups excluding carboxylic acids is 1. The highest BCUT2D eigenvalue weighted by molar-refractivity contribution is 5.95. The lowest BCUT2D eigenvalue weighted by Gasteiger charge is -2.17. The molecule has 166 valence electrons. The van der Waals surface area contributed by atoms with Gasteiger partial charge in [0, 0.05) is 30.5 Å². The average Bonchev–Trinajstić information content (AvgIpc) is 2.84. The molecule has 0 radical (unpaired) electrons. The first kappa shape index (κ1) is 21.9. The maximum absolute atomic E-state index is 13.3. The summed E-state index contributed by atoms with van der Waals surface area (Å²) >= 11 is 0. The summed E-state index contributed by atoms with van der Waals surface area (Å²) in [5, 5.41) is 9.30. The number of aromatic nitrogens is 3. The van der Waals surface area contributed by atoms with E-state index in [0.717, 1.165) is 11.1 Å². The van der Waals surface area contributed by atoms with E-state index in [1.165, 1.54) is 12.1 Å². The van der Waals surface area contributed by atoms with Crippen LogP contribution in [0.3, 0.4) is 0 Å². The second-order valence-corrected chi connectivity index (χ2v) is 7.43. The fourth-order valence-corrected chi connectivity index (χ4v) is 3.23. The van der Waals surface area contributed by atoms with Crippen LogP contribution in [0, 0.1) is 5.82 Å². The highest BCUT2D eigenvalue weighted by Gasteiger charge is 2.13. The number of nitrogens with zero attached hydrogens (tertiary/aromatic N) is 3. The lowest BCUT2D eigenvalue weighted by Crippen LogP contribution is -2.23. The molecule has 0 aliphatic carbocycles. The Balaban J connectivity index is 1.57. The van der Waals surface area contributed by atoms with Crippen molar-refractivity contribution < 1.29 is 9.18 Å². The Bertz CT molecular complexity index is 1200. The number of carbonyl (C=O) groups is 1. The molecule has 1 atom stereocenters. The molecule has 0 bridgehead atoms. The molecule has 3 N–H and O–H groups in total. The predicted molar refractivity (Wildman–Crippen MR) is 126 cm³/mol. The van der Waals surface area contributed by atoms with Gasteiger partial charge in [-0.3, -0.25) is 9.78 Å². The molecule has 1 amide bonds. The first-order valence-corrected chi connectivity index (χ1v) is 10.5. The number of halogens is 1. The molecular weight excluding hydrogens is 419 g/mol. The largest absolute Gasteiger partial charge is 0.363 e. The minimum atomic E-state index is -0.295. The Morgan fingerprint density at radius 2 is 1.73 bits per heavy atom. The lowest BCUT2D eigenvalue weighted by atomic mass is 10.1. The van der Waals surface area contributed by atoms with Crippen LogP contribution in [0.25, 0.3) is 0 Å². The zero-order valence-electron chi connectivity index (χ0n) is 18.0. The number of nitrogens with one attached hydrogen (secondary N) is 3. The van der Waals surface area contributed by atoms with Gasteiger partial charge in [0.25, 0.3) is 5.91 Å². The maximum atomic E-state index is 13.3. The number of benzene rings is 2. The van der Waals surface area contributed by atoms with Crippen LogP contribution in [0.1, 0.15) is 34.5 Å². The second kappa shape index (κ2) is 10.3. The molecule has 8 heteroatoms. The van der Waals surface area contributed by atoms with Gasteiger partial charge in [-0.15, -0.1) is 0 Å². The van der Waals surface area contributed by atoms with Crippen molar-refractivity contribution in [2.45, 2.75) is 19.5 Å². The van der Waals surface area contributed by atoms with E-state index >= 15 is 0 Å². The predicted octanol–water partition coefficient (Wildman–Crippen LogP) is 4.86. The molecule has 2 aromatic heterocycles. The number of hydrogen-bond donors (Lipinski definition) is 3. The van der Waals surface area contributed by atoms with Crippen LogP contribution in [0.15, 0.2) is 85.3 Å². The van der Waals surface area contributed by atoms with E-state index in [1.807, 2.05) is 37.3 Å². The summed E-state index contributed by atoms with van der Waals surface area (Å²) in [6.45, 7) is 2.34. The molecule has 0 aliphatic heterocycles. The van der Waals surface area contributed by atoms with Gasteiger partial charge in [0.2, 0.25) is 0 Å². The van der Waals surface area contributed by atoms with E-state index in [1.54, 1.807) is 42.9 Å². The van der Waals surface area contributed by atoms with Gasteiger partial charge in [0.15, 0.2) is 0 Å². The first-order chi connectivity index (χ1) is 16.1. The quantitative estimate of drug-likeness (QED) is 0.361. The molecule has 33 heavy (non-hydrogen) atoms. The molecule has 2 aromatic carbocycles. The number of amides is 1. The van der Waals surface area contributed by atoms with Gasteiger partial charge in [-0.25, -0.2) is 14.4 Å². The van der Waals surface area contributed by atoms with Gasteiger partial charge in [0.1, 0.15) is 23.3 Å². The van der Waals surface area contributed by atoms with Crippen molar-refractivity contribution in [1.82, 2.24) is 20.3 Å². The van der Waals surface area contributed by atoms with E-state index in [-0.39, 0.29) is 17.8 Å². The summed E-state index contributed by atoms with van der Waals surface area (Å²) in [6.07, 6.45) is 4.70. The minimum absolute atomic E-state index is 0.162. The molecule has 1 unspecified atom stereocenters. The summed E-state index contributed by atoms with van der Waals surface area (Å²) in [5.41, 5.74) is 2.32. The third-order valence-electron chi connectivity index (χ3n) is 4.94. The number of hydrogen-bond acceptors (Lipinski definition) is 6. The van der Waals surface area contributed by atoms with Crippen molar-refractivity contribution in [1.29, 1.82) is 0 Å². The zero-order valence-corrected chi connectivity index (χ0v) is 18.0. The van der Waals surface area contributed by atoms with Crippen LogP contribution in [0.5, 0.6) is 0 Å². The highest BCUT2D eigenvalue weighted by atomic mass is 19.1. The molecule has 4 rings (SSSR count). The summed E-state index contributed by atoms with van der Waals surface area (Å²) in [6, 6.07) is 19.1. The van der Waals surface area contributed by atoms with Crippen molar-refractivity contribution >= 4 is 23.4 Å². The van der Waals surface area contributed by atoms with E-state index in [2.05, 4.69) is 30.9 Å². The normalized spacial score (nSPS) is 11.5. The van der Waals surface area contributed by atoms with E-state index in [0.29, 0.717) is 29.6 Å². The Labute approximate surface area is 191 Å². The Morgan fingerprint density at radius 1 is 0.970 bits per heavy atom. The average molecular weight is 442 g/mol. The molecule has 0 saturated carbocycles.